The maximum absolute atomic E-state index is 13.1. The Bertz CT molecular complexity index is 350. The highest BCUT2D eigenvalue weighted by Crippen LogP contribution is 2.16. The fraction of sp³-hybridized carbons (Fsp3) is 0.300. The van der Waals surface area contributed by atoms with E-state index >= 15 is 0 Å². The topological polar surface area (TPSA) is 63.3 Å². The predicted octanol–water partition coefficient (Wildman–Crippen LogP) is 1.47. The molecule has 0 saturated carbocycles. The predicted molar refractivity (Wildman–Crippen MR) is 50.3 cm³/mol. The smallest absolute Gasteiger partial charge is 0.307 e. The van der Waals surface area contributed by atoms with Crippen LogP contribution in [0, 0.1) is 5.82 Å². The normalized spacial score (nSPS) is 12.5. The van der Waals surface area contributed by atoms with Gasteiger partial charge in [-0.15, -0.1) is 0 Å². The third kappa shape index (κ3) is 2.53. The van der Waals surface area contributed by atoms with Gasteiger partial charge in [0.15, 0.2) is 0 Å². The molecule has 0 heterocycles. The van der Waals surface area contributed by atoms with Gasteiger partial charge in [0.25, 0.3) is 0 Å². The summed E-state index contributed by atoms with van der Waals surface area (Å²) < 4.78 is 13.1. The van der Waals surface area contributed by atoms with Gasteiger partial charge in [0.1, 0.15) is 5.82 Å². The molecule has 3 N–H and O–H groups in total. The van der Waals surface area contributed by atoms with Crippen LogP contribution in [-0.2, 0) is 11.2 Å². The summed E-state index contributed by atoms with van der Waals surface area (Å²) in [5.41, 5.74) is 6.44. The second-order valence-electron chi connectivity index (χ2n) is 3.22. The third-order valence-electron chi connectivity index (χ3n) is 1.91. The summed E-state index contributed by atoms with van der Waals surface area (Å²) in [4.78, 5) is 10.4. The number of hydrogen-bond acceptors (Lipinski definition) is 2. The fourth-order valence-electron chi connectivity index (χ4n) is 1.23. The minimum Gasteiger partial charge on any atom is -0.481 e. The maximum Gasteiger partial charge on any atom is 0.307 e. The number of hydrogen-bond donors (Lipinski definition) is 2. The first-order valence-electron chi connectivity index (χ1n) is 4.26. The molecule has 0 aliphatic rings. The van der Waals surface area contributed by atoms with Crippen LogP contribution in [0.15, 0.2) is 18.2 Å². The number of aliphatic carboxylic acids is 1. The van der Waals surface area contributed by atoms with E-state index < -0.39 is 17.8 Å². The molecule has 0 spiro atoms. The van der Waals surface area contributed by atoms with Crippen LogP contribution in [0.3, 0.4) is 0 Å². The average Bonchev–Trinajstić information content (AvgIpc) is 2.07. The number of benzene rings is 1. The van der Waals surface area contributed by atoms with Gasteiger partial charge in [0.05, 0.1) is 6.42 Å². The molecule has 0 aliphatic heterocycles. The van der Waals surface area contributed by atoms with Crippen LogP contribution in [0.4, 0.5) is 4.39 Å². The lowest BCUT2D eigenvalue weighted by Gasteiger charge is -2.08. The zero-order valence-corrected chi connectivity index (χ0v) is 7.83. The fourth-order valence-corrected chi connectivity index (χ4v) is 1.23. The van der Waals surface area contributed by atoms with Crippen molar-refractivity contribution in [2.75, 3.05) is 0 Å². The van der Waals surface area contributed by atoms with Crippen molar-refractivity contribution in [1.82, 2.24) is 0 Å². The molecule has 0 amide bonds. The van der Waals surface area contributed by atoms with E-state index in [9.17, 15) is 9.18 Å². The summed E-state index contributed by atoms with van der Waals surface area (Å²) in [6.45, 7) is 1.66. The highest BCUT2D eigenvalue weighted by molar-refractivity contribution is 5.70. The lowest BCUT2D eigenvalue weighted by molar-refractivity contribution is -0.136. The van der Waals surface area contributed by atoms with E-state index in [-0.39, 0.29) is 6.42 Å². The zero-order valence-electron chi connectivity index (χ0n) is 7.83. The third-order valence-corrected chi connectivity index (χ3v) is 1.91. The number of halogens is 1. The number of rotatable bonds is 3. The van der Waals surface area contributed by atoms with E-state index in [0.29, 0.717) is 11.1 Å². The Labute approximate surface area is 81.4 Å². The first kappa shape index (κ1) is 10.7. The van der Waals surface area contributed by atoms with Crippen molar-refractivity contribution < 1.29 is 14.3 Å². The SMILES string of the molecule is C[C@H](N)c1cc(CC(=O)O)ccc1F. The molecule has 1 aromatic rings. The van der Waals surface area contributed by atoms with Gasteiger partial charge >= 0.3 is 5.97 Å². The first-order chi connectivity index (χ1) is 6.50. The molecule has 0 saturated heterocycles. The zero-order chi connectivity index (χ0) is 10.7. The van der Waals surface area contributed by atoms with E-state index in [1.165, 1.54) is 18.2 Å². The molecule has 0 bridgehead atoms. The van der Waals surface area contributed by atoms with Gasteiger partial charge in [-0.3, -0.25) is 4.79 Å². The molecule has 1 rings (SSSR count). The van der Waals surface area contributed by atoms with E-state index in [2.05, 4.69) is 0 Å². The molecular formula is C10H12FNO2. The van der Waals surface area contributed by atoms with E-state index in [4.69, 9.17) is 10.8 Å². The Hall–Kier alpha value is -1.42. The largest absolute Gasteiger partial charge is 0.481 e. The Balaban J connectivity index is 3.00. The summed E-state index contributed by atoms with van der Waals surface area (Å²) in [6, 6.07) is 3.77. The molecule has 4 heteroatoms. The molecule has 3 nitrogen and oxygen atoms in total. The molecule has 1 aromatic carbocycles. The number of carbonyl (C=O) groups is 1. The van der Waals surface area contributed by atoms with Crippen LogP contribution < -0.4 is 5.73 Å². The molecule has 1 atom stereocenters. The van der Waals surface area contributed by atoms with E-state index in [1.54, 1.807) is 6.92 Å². The lowest BCUT2D eigenvalue weighted by atomic mass is 10.0. The summed E-state index contributed by atoms with van der Waals surface area (Å²) in [5, 5.41) is 8.54. The summed E-state index contributed by atoms with van der Waals surface area (Å²) in [7, 11) is 0. The highest BCUT2D eigenvalue weighted by Gasteiger charge is 2.09. The van der Waals surface area contributed by atoms with Gasteiger partial charge in [-0.25, -0.2) is 4.39 Å². The first-order valence-corrected chi connectivity index (χ1v) is 4.26. The standard InChI is InChI=1S/C10H12FNO2/c1-6(12)8-4-7(5-10(13)14)2-3-9(8)11/h2-4,6H,5,12H2,1H3,(H,13,14)/t6-/m0/s1. The molecule has 0 aliphatic carbocycles. The van der Waals surface area contributed by atoms with Gasteiger partial charge in [-0.1, -0.05) is 12.1 Å². The highest BCUT2D eigenvalue weighted by atomic mass is 19.1. The van der Waals surface area contributed by atoms with E-state index in [1.807, 2.05) is 0 Å². The van der Waals surface area contributed by atoms with Gasteiger partial charge < -0.3 is 10.8 Å². The van der Waals surface area contributed by atoms with Crippen molar-refractivity contribution in [3.05, 3.63) is 35.1 Å². The van der Waals surface area contributed by atoms with Crippen molar-refractivity contribution in [3.63, 3.8) is 0 Å². The van der Waals surface area contributed by atoms with Crippen molar-refractivity contribution in [1.29, 1.82) is 0 Å². The monoisotopic (exact) mass is 197 g/mol. The van der Waals surface area contributed by atoms with Crippen LogP contribution in [0.5, 0.6) is 0 Å². The van der Waals surface area contributed by atoms with Crippen LogP contribution in [0.1, 0.15) is 24.1 Å². The summed E-state index contributed by atoms with van der Waals surface area (Å²) in [5.74, 6) is -1.33. The second kappa shape index (κ2) is 4.19. The Morgan fingerprint density at radius 2 is 2.29 bits per heavy atom. The second-order valence-corrected chi connectivity index (χ2v) is 3.22. The Morgan fingerprint density at radius 1 is 1.64 bits per heavy atom. The quantitative estimate of drug-likeness (QED) is 0.771. The number of nitrogens with two attached hydrogens (primary N) is 1. The molecule has 76 valence electrons. The lowest BCUT2D eigenvalue weighted by Crippen LogP contribution is -2.09. The van der Waals surface area contributed by atoms with Crippen molar-refractivity contribution >= 4 is 5.97 Å². The average molecular weight is 197 g/mol. The number of carboxylic acid groups (broad SMARTS) is 1. The van der Waals surface area contributed by atoms with Gasteiger partial charge in [0, 0.05) is 11.6 Å². The van der Waals surface area contributed by atoms with Crippen molar-refractivity contribution in [2.45, 2.75) is 19.4 Å². The summed E-state index contributed by atoms with van der Waals surface area (Å²) >= 11 is 0. The van der Waals surface area contributed by atoms with E-state index in [0.717, 1.165) is 0 Å². The van der Waals surface area contributed by atoms with Crippen molar-refractivity contribution in [2.24, 2.45) is 5.73 Å². The van der Waals surface area contributed by atoms with Crippen molar-refractivity contribution in [3.8, 4) is 0 Å². The molecule has 0 fully saturated rings. The maximum atomic E-state index is 13.1. The number of carboxylic acids is 1. The molecule has 0 aromatic heterocycles. The molecule has 0 unspecified atom stereocenters. The Morgan fingerprint density at radius 3 is 2.79 bits per heavy atom. The van der Waals surface area contributed by atoms with Gasteiger partial charge in [0.2, 0.25) is 0 Å². The van der Waals surface area contributed by atoms with Gasteiger partial charge in [-0.2, -0.15) is 0 Å². The van der Waals surface area contributed by atoms with Crippen LogP contribution >= 0.6 is 0 Å². The van der Waals surface area contributed by atoms with Crippen LogP contribution in [0.25, 0.3) is 0 Å². The summed E-state index contributed by atoms with van der Waals surface area (Å²) in [6.07, 6.45) is -0.111. The molecular weight excluding hydrogens is 185 g/mol. The molecule has 0 radical (unpaired) electrons. The Kier molecular flexibility index (Phi) is 3.19. The van der Waals surface area contributed by atoms with Gasteiger partial charge in [-0.05, 0) is 18.6 Å². The minimum atomic E-state index is -0.938. The minimum absolute atomic E-state index is 0.111. The van der Waals surface area contributed by atoms with Crippen LogP contribution in [-0.4, -0.2) is 11.1 Å². The van der Waals surface area contributed by atoms with Crippen LogP contribution in [0.2, 0.25) is 0 Å². The molecule has 14 heavy (non-hydrogen) atoms.